The standard InChI is InChI=1S/C32H30N4O3S/c1-22-19-25(23(2)36(22)28-14-8-10-24-9-6-7-13-27(24)28)20-29-31(38)35(32(39)40-29)21-30(37)34-17-15-33(16-18-34)26-11-4-3-5-12-26/h3-14,19-20H,15-18,21H2,1-2H3/b29-20+. The first kappa shape index (κ1) is 26.0. The number of anilines is 1. The van der Waals surface area contributed by atoms with Gasteiger partial charge >= 0.3 is 0 Å². The first-order valence-corrected chi connectivity index (χ1v) is 14.2. The fourth-order valence-corrected chi connectivity index (χ4v) is 6.40. The minimum atomic E-state index is -0.416. The smallest absolute Gasteiger partial charge is 0.294 e. The molecule has 0 spiro atoms. The molecule has 2 aliphatic heterocycles. The Morgan fingerprint density at radius 1 is 0.875 bits per heavy atom. The van der Waals surface area contributed by atoms with Crippen LogP contribution in [0.2, 0.25) is 0 Å². The van der Waals surface area contributed by atoms with E-state index in [2.05, 4.69) is 45.9 Å². The van der Waals surface area contributed by atoms with Gasteiger partial charge in [0.15, 0.2) is 0 Å². The monoisotopic (exact) mass is 550 g/mol. The van der Waals surface area contributed by atoms with Gasteiger partial charge in [-0.15, -0.1) is 0 Å². The number of carbonyl (C=O) groups is 3. The number of hydrogen-bond donors (Lipinski definition) is 0. The fourth-order valence-electron chi connectivity index (χ4n) is 5.57. The molecule has 40 heavy (non-hydrogen) atoms. The molecule has 0 unspecified atom stereocenters. The van der Waals surface area contributed by atoms with Gasteiger partial charge in [0.05, 0.1) is 10.6 Å². The van der Waals surface area contributed by atoms with Gasteiger partial charge in [-0.25, -0.2) is 0 Å². The molecule has 6 rings (SSSR count). The van der Waals surface area contributed by atoms with Crippen LogP contribution >= 0.6 is 11.8 Å². The van der Waals surface area contributed by atoms with E-state index in [0.29, 0.717) is 31.1 Å². The average Bonchev–Trinajstić information content (AvgIpc) is 3.41. The Morgan fingerprint density at radius 2 is 1.57 bits per heavy atom. The number of aryl methyl sites for hydroxylation is 1. The molecule has 1 aromatic heterocycles. The second-order valence-corrected chi connectivity index (χ2v) is 11.1. The number of amides is 3. The molecule has 3 aromatic carbocycles. The summed E-state index contributed by atoms with van der Waals surface area (Å²) in [7, 11) is 0. The maximum absolute atomic E-state index is 13.3. The largest absolute Gasteiger partial charge is 0.368 e. The third kappa shape index (κ3) is 4.79. The van der Waals surface area contributed by atoms with Crippen molar-refractivity contribution >= 4 is 51.4 Å². The molecule has 2 saturated heterocycles. The van der Waals surface area contributed by atoms with Crippen LogP contribution in [-0.4, -0.2) is 64.1 Å². The Balaban J connectivity index is 1.17. The summed E-state index contributed by atoms with van der Waals surface area (Å²) >= 11 is 0.895. The van der Waals surface area contributed by atoms with Crippen LogP contribution in [0.15, 0.2) is 83.8 Å². The van der Waals surface area contributed by atoms with Crippen LogP contribution in [-0.2, 0) is 9.59 Å². The normalized spacial score (nSPS) is 16.9. The van der Waals surface area contributed by atoms with E-state index in [9.17, 15) is 14.4 Å². The number of benzene rings is 3. The van der Waals surface area contributed by atoms with Crippen molar-refractivity contribution in [2.45, 2.75) is 13.8 Å². The highest BCUT2D eigenvalue weighted by molar-refractivity contribution is 8.18. The molecule has 4 aromatic rings. The maximum atomic E-state index is 13.3. The number of piperazine rings is 1. The number of nitrogens with zero attached hydrogens (tertiary/aromatic N) is 4. The predicted molar refractivity (Wildman–Crippen MR) is 161 cm³/mol. The number of hydrogen-bond acceptors (Lipinski definition) is 5. The Hall–Kier alpha value is -4.30. The molecule has 0 radical (unpaired) electrons. The van der Waals surface area contributed by atoms with Crippen molar-refractivity contribution in [2.75, 3.05) is 37.6 Å². The van der Waals surface area contributed by atoms with Crippen LogP contribution in [0.25, 0.3) is 22.5 Å². The second kappa shape index (κ2) is 10.7. The molecular formula is C32H30N4O3S. The lowest BCUT2D eigenvalue weighted by atomic mass is 10.1. The third-order valence-electron chi connectivity index (χ3n) is 7.69. The SMILES string of the molecule is Cc1cc(/C=C2/SC(=O)N(CC(=O)N3CCN(c4ccccc4)CC3)C2=O)c(C)n1-c1cccc2ccccc12. The molecule has 0 atom stereocenters. The van der Waals surface area contributed by atoms with E-state index in [1.165, 1.54) is 0 Å². The van der Waals surface area contributed by atoms with E-state index in [1.807, 2.05) is 56.3 Å². The van der Waals surface area contributed by atoms with Gasteiger partial charge in [-0.1, -0.05) is 54.6 Å². The quantitative estimate of drug-likeness (QED) is 0.301. The summed E-state index contributed by atoms with van der Waals surface area (Å²) in [5.74, 6) is -0.619. The van der Waals surface area contributed by atoms with Crippen molar-refractivity contribution < 1.29 is 14.4 Å². The molecule has 3 amide bonds. The van der Waals surface area contributed by atoms with Gasteiger partial charge in [-0.2, -0.15) is 0 Å². The van der Waals surface area contributed by atoms with E-state index in [4.69, 9.17) is 0 Å². The van der Waals surface area contributed by atoms with Crippen molar-refractivity contribution in [2.24, 2.45) is 0 Å². The Bertz CT molecular complexity index is 1650. The van der Waals surface area contributed by atoms with E-state index in [-0.39, 0.29) is 12.5 Å². The summed E-state index contributed by atoms with van der Waals surface area (Å²) in [5.41, 5.74) is 5.08. The van der Waals surface area contributed by atoms with Gasteiger partial charge in [0.1, 0.15) is 6.54 Å². The molecule has 0 saturated carbocycles. The van der Waals surface area contributed by atoms with Crippen LogP contribution in [0.5, 0.6) is 0 Å². The minimum absolute atomic E-state index is 0.203. The zero-order chi connectivity index (χ0) is 27.8. The highest BCUT2D eigenvalue weighted by Crippen LogP contribution is 2.34. The first-order chi connectivity index (χ1) is 19.4. The Morgan fingerprint density at radius 3 is 2.35 bits per heavy atom. The first-order valence-electron chi connectivity index (χ1n) is 13.4. The maximum Gasteiger partial charge on any atom is 0.294 e. The number of para-hydroxylation sites is 1. The number of rotatable bonds is 5. The van der Waals surface area contributed by atoms with Crippen LogP contribution in [0.1, 0.15) is 17.0 Å². The number of aromatic nitrogens is 1. The molecular weight excluding hydrogens is 520 g/mol. The summed E-state index contributed by atoms with van der Waals surface area (Å²) in [4.78, 5) is 44.5. The molecule has 202 valence electrons. The van der Waals surface area contributed by atoms with Crippen LogP contribution in [0.4, 0.5) is 10.5 Å². The van der Waals surface area contributed by atoms with Crippen molar-refractivity contribution in [1.82, 2.24) is 14.4 Å². The van der Waals surface area contributed by atoms with Gasteiger partial charge in [0.2, 0.25) is 5.91 Å². The lowest BCUT2D eigenvalue weighted by molar-refractivity contribution is -0.136. The summed E-state index contributed by atoms with van der Waals surface area (Å²) in [6.45, 7) is 6.35. The van der Waals surface area contributed by atoms with Gasteiger partial charge < -0.3 is 14.4 Å². The predicted octanol–water partition coefficient (Wildman–Crippen LogP) is 5.63. The highest BCUT2D eigenvalue weighted by Gasteiger charge is 2.37. The Kier molecular flexibility index (Phi) is 6.94. The van der Waals surface area contributed by atoms with E-state index < -0.39 is 11.1 Å². The lowest BCUT2D eigenvalue weighted by Gasteiger charge is -2.36. The molecule has 2 fully saturated rings. The van der Waals surface area contributed by atoms with Gasteiger partial charge in [0, 0.05) is 48.6 Å². The molecule has 0 N–H and O–H groups in total. The highest BCUT2D eigenvalue weighted by atomic mass is 32.2. The van der Waals surface area contributed by atoms with E-state index >= 15 is 0 Å². The zero-order valence-electron chi connectivity index (χ0n) is 22.5. The summed E-state index contributed by atoms with van der Waals surface area (Å²) in [6.07, 6.45) is 1.78. The van der Waals surface area contributed by atoms with E-state index in [0.717, 1.165) is 55.8 Å². The third-order valence-corrected chi connectivity index (χ3v) is 8.59. The minimum Gasteiger partial charge on any atom is -0.368 e. The number of carbonyl (C=O) groups excluding carboxylic acids is 3. The zero-order valence-corrected chi connectivity index (χ0v) is 23.4. The molecule has 7 nitrogen and oxygen atoms in total. The molecule has 2 aliphatic rings. The van der Waals surface area contributed by atoms with Crippen molar-refractivity contribution in [3.63, 3.8) is 0 Å². The number of thioether (sulfide) groups is 1. The van der Waals surface area contributed by atoms with Crippen molar-refractivity contribution in [1.29, 1.82) is 0 Å². The summed E-state index contributed by atoms with van der Waals surface area (Å²) in [5, 5.41) is 1.89. The summed E-state index contributed by atoms with van der Waals surface area (Å²) < 4.78 is 2.18. The van der Waals surface area contributed by atoms with Gasteiger partial charge in [-0.05, 0) is 66.9 Å². The van der Waals surface area contributed by atoms with Crippen LogP contribution in [0, 0.1) is 13.8 Å². The van der Waals surface area contributed by atoms with Crippen molar-refractivity contribution in [3.05, 3.63) is 101 Å². The van der Waals surface area contributed by atoms with Crippen LogP contribution < -0.4 is 4.90 Å². The fraction of sp³-hybridized carbons (Fsp3) is 0.219. The lowest BCUT2D eigenvalue weighted by Crippen LogP contribution is -2.51. The molecule has 0 aliphatic carbocycles. The van der Waals surface area contributed by atoms with Crippen molar-refractivity contribution in [3.8, 4) is 5.69 Å². The molecule has 3 heterocycles. The van der Waals surface area contributed by atoms with Gasteiger partial charge in [-0.3, -0.25) is 19.3 Å². The number of fused-ring (bicyclic) bond motifs is 1. The van der Waals surface area contributed by atoms with E-state index in [1.54, 1.807) is 11.0 Å². The average molecular weight is 551 g/mol. The van der Waals surface area contributed by atoms with Gasteiger partial charge in [0.25, 0.3) is 11.1 Å². The summed E-state index contributed by atoms with van der Waals surface area (Å²) in [6, 6.07) is 26.6. The Labute approximate surface area is 237 Å². The second-order valence-electron chi connectivity index (χ2n) is 10.1. The topological polar surface area (TPSA) is 65.9 Å². The number of imide groups is 1. The molecule has 8 heteroatoms. The molecule has 0 bridgehead atoms. The van der Waals surface area contributed by atoms with Crippen LogP contribution in [0.3, 0.4) is 0 Å².